The van der Waals surface area contributed by atoms with E-state index in [2.05, 4.69) is 15.7 Å². The van der Waals surface area contributed by atoms with Crippen LogP contribution < -0.4 is 20.1 Å². The van der Waals surface area contributed by atoms with E-state index < -0.39 is 30.6 Å². The minimum atomic E-state index is -4.65. The van der Waals surface area contributed by atoms with Crippen molar-refractivity contribution in [2.45, 2.75) is 24.7 Å². The lowest BCUT2D eigenvalue weighted by atomic mass is 9.96. The number of amides is 1. The van der Waals surface area contributed by atoms with Crippen LogP contribution in [0.25, 0.3) is 0 Å². The van der Waals surface area contributed by atoms with Gasteiger partial charge < -0.3 is 25.2 Å². The molecule has 0 aliphatic carbocycles. The van der Waals surface area contributed by atoms with E-state index >= 15 is 0 Å². The van der Waals surface area contributed by atoms with Gasteiger partial charge in [-0.25, -0.2) is 4.68 Å². The number of hydrogen-bond donors (Lipinski definition) is 3. The number of aromatic hydroxyl groups is 1. The molecule has 0 spiro atoms. The van der Waals surface area contributed by atoms with E-state index in [0.717, 1.165) is 0 Å². The highest BCUT2D eigenvalue weighted by Gasteiger charge is 2.48. The first-order chi connectivity index (χ1) is 16.1. The van der Waals surface area contributed by atoms with E-state index in [4.69, 9.17) is 21.1 Å². The molecule has 3 aromatic rings. The Morgan fingerprint density at radius 2 is 1.94 bits per heavy atom. The quantitative estimate of drug-likeness (QED) is 0.451. The highest BCUT2D eigenvalue weighted by Crippen LogP contribution is 2.47. The van der Waals surface area contributed by atoms with Gasteiger partial charge in [0.1, 0.15) is 16.6 Å². The molecule has 1 aromatic heterocycles. The van der Waals surface area contributed by atoms with Gasteiger partial charge in [0.25, 0.3) is 5.91 Å². The van der Waals surface area contributed by atoms with Gasteiger partial charge in [-0.3, -0.25) is 4.79 Å². The zero-order valence-corrected chi connectivity index (χ0v) is 18.7. The summed E-state index contributed by atoms with van der Waals surface area (Å²) in [6.45, 7) is 0. The van der Waals surface area contributed by atoms with Crippen molar-refractivity contribution in [1.82, 2.24) is 9.78 Å². The lowest BCUT2D eigenvalue weighted by Crippen LogP contribution is -2.35. The largest absolute Gasteiger partial charge is 0.508 e. The van der Waals surface area contributed by atoms with E-state index in [1.807, 2.05) is 0 Å². The number of ether oxygens (including phenoxy) is 2. The molecule has 2 aromatic carbocycles. The van der Waals surface area contributed by atoms with Gasteiger partial charge >= 0.3 is 6.18 Å². The van der Waals surface area contributed by atoms with Crippen LogP contribution in [-0.4, -0.2) is 41.2 Å². The predicted octanol–water partition coefficient (Wildman–Crippen LogP) is 5.17. The third-order valence-corrected chi connectivity index (χ3v) is 5.78. The Labute approximate surface area is 197 Å². The summed E-state index contributed by atoms with van der Waals surface area (Å²) in [6.07, 6.45) is -5.04. The maximum atomic E-state index is 14.0. The van der Waals surface area contributed by atoms with Crippen molar-refractivity contribution in [3.8, 4) is 17.2 Å². The molecule has 0 saturated heterocycles. The Kier molecular flexibility index (Phi) is 6.22. The number of nitrogens with one attached hydrogen (secondary N) is 2. The molecule has 2 unspecified atom stereocenters. The topological polar surface area (TPSA) is 97.6 Å². The van der Waals surface area contributed by atoms with Gasteiger partial charge in [0.15, 0.2) is 23.2 Å². The summed E-state index contributed by atoms with van der Waals surface area (Å²) < 4.78 is 53.2. The molecule has 1 aliphatic heterocycles. The second-order valence-electron chi connectivity index (χ2n) is 7.56. The number of halogens is 4. The zero-order valence-electron chi connectivity index (χ0n) is 18.0. The summed E-state index contributed by atoms with van der Waals surface area (Å²) in [5.41, 5.74) is 0.367. The monoisotopic (exact) mass is 496 g/mol. The third-order valence-electron chi connectivity index (χ3n) is 5.42. The number of methoxy groups -OCH3 is 2. The van der Waals surface area contributed by atoms with Crippen molar-refractivity contribution in [1.29, 1.82) is 0 Å². The third kappa shape index (κ3) is 4.43. The molecule has 2 heterocycles. The lowest BCUT2D eigenvalue weighted by Gasteiger charge is -2.33. The number of phenols is 1. The Morgan fingerprint density at radius 3 is 2.59 bits per heavy atom. The standard InChI is InChI=1S/C22H20ClF3N4O4/c1-33-15-7-6-11(8-16(15)34-2)14-10-17(22(24,25)26)30-20(28-14)18(23)19(29-30)21(32)27-12-4-3-5-13(31)9-12/h3-9,14,17,28,31H,10H2,1-2H3,(H,27,32). The van der Waals surface area contributed by atoms with E-state index in [-0.39, 0.29) is 28.0 Å². The second-order valence-corrected chi connectivity index (χ2v) is 7.94. The van der Waals surface area contributed by atoms with Gasteiger partial charge in [0, 0.05) is 18.2 Å². The number of rotatable bonds is 5. The van der Waals surface area contributed by atoms with Gasteiger partial charge in [-0.05, 0) is 29.8 Å². The number of nitrogens with zero attached hydrogens (tertiary/aromatic N) is 2. The summed E-state index contributed by atoms with van der Waals surface area (Å²) in [6, 6.07) is 7.68. The number of fused-ring (bicyclic) bond motifs is 1. The van der Waals surface area contributed by atoms with Crippen molar-refractivity contribution < 1.29 is 32.5 Å². The van der Waals surface area contributed by atoms with E-state index in [1.54, 1.807) is 18.2 Å². The molecule has 8 nitrogen and oxygen atoms in total. The van der Waals surface area contributed by atoms with Crippen molar-refractivity contribution in [3.63, 3.8) is 0 Å². The van der Waals surface area contributed by atoms with Gasteiger partial charge in [-0.2, -0.15) is 18.3 Å². The molecule has 2 atom stereocenters. The van der Waals surface area contributed by atoms with Crippen LogP contribution >= 0.6 is 11.6 Å². The molecule has 12 heteroatoms. The molecule has 0 radical (unpaired) electrons. The molecular formula is C22H20ClF3N4O4. The lowest BCUT2D eigenvalue weighted by molar-refractivity contribution is -0.173. The number of phenolic OH excluding ortho intramolecular Hbond substituents is 1. The van der Waals surface area contributed by atoms with Crippen LogP contribution in [0.3, 0.4) is 0 Å². The predicted molar refractivity (Wildman–Crippen MR) is 119 cm³/mol. The molecule has 34 heavy (non-hydrogen) atoms. The molecule has 0 bridgehead atoms. The summed E-state index contributed by atoms with van der Waals surface area (Å²) in [5.74, 6) is -0.242. The summed E-state index contributed by atoms with van der Waals surface area (Å²) in [5, 5.41) is 18.7. The molecule has 3 N–H and O–H groups in total. The van der Waals surface area contributed by atoms with E-state index in [0.29, 0.717) is 21.7 Å². The number of benzene rings is 2. The number of hydrogen-bond acceptors (Lipinski definition) is 6. The molecular weight excluding hydrogens is 477 g/mol. The number of alkyl halides is 3. The highest BCUT2D eigenvalue weighted by molar-refractivity contribution is 6.36. The fourth-order valence-electron chi connectivity index (χ4n) is 3.80. The molecule has 1 amide bonds. The Morgan fingerprint density at radius 1 is 1.21 bits per heavy atom. The summed E-state index contributed by atoms with van der Waals surface area (Å²) in [4.78, 5) is 12.7. The molecule has 0 saturated carbocycles. The average molecular weight is 497 g/mol. The van der Waals surface area contributed by atoms with Gasteiger partial charge in [0.05, 0.1) is 20.3 Å². The molecule has 1 aliphatic rings. The number of carbonyl (C=O) groups is 1. The molecule has 180 valence electrons. The first-order valence-corrected chi connectivity index (χ1v) is 10.4. The minimum Gasteiger partial charge on any atom is -0.508 e. The SMILES string of the molecule is COc1ccc(C2CC(C(F)(F)F)n3nc(C(=O)Nc4cccc(O)c4)c(Cl)c3N2)cc1OC. The molecule has 4 rings (SSSR count). The van der Waals surface area contributed by atoms with Gasteiger partial charge in [-0.15, -0.1) is 0 Å². The fourth-order valence-corrected chi connectivity index (χ4v) is 4.06. The minimum absolute atomic E-state index is 0.0930. The summed E-state index contributed by atoms with van der Waals surface area (Å²) in [7, 11) is 2.88. The molecule has 0 fully saturated rings. The Bertz CT molecular complexity index is 1230. The van der Waals surface area contributed by atoms with Crippen molar-refractivity contribution in [3.05, 3.63) is 58.7 Å². The van der Waals surface area contributed by atoms with E-state index in [9.17, 15) is 23.1 Å². The van der Waals surface area contributed by atoms with Crippen LogP contribution in [0.2, 0.25) is 5.02 Å². The van der Waals surface area contributed by atoms with Crippen LogP contribution in [0.15, 0.2) is 42.5 Å². The number of anilines is 2. The highest BCUT2D eigenvalue weighted by atomic mass is 35.5. The van der Waals surface area contributed by atoms with Crippen molar-refractivity contribution in [2.75, 3.05) is 24.9 Å². The van der Waals surface area contributed by atoms with Crippen LogP contribution in [0, 0.1) is 0 Å². The Hall–Kier alpha value is -3.60. The van der Waals surface area contributed by atoms with Crippen molar-refractivity contribution in [2.24, 2.45) is 0 Å². The van der Waals surface area contributed by atoms with Crippen LogP contribution in [-0.2, 0) is 0 Å². The second kappa shape index (κ2) is 8.98. The van der Waals surface area contributed by atoms with Crippen LogP contribution in [0.1, 0.15) is 34.6 Å². The Balaban J connectivity index is 1.71. The first-order valence-electron chi connectivity index (χ1n) is 10.1. The normalized spacial score (nSPS) is 17.5. The maximum Gasteiger partial charge on any atom is 0.410 e. The van der Waals surface area contributed by atoms with Crippen LogP contribution in [0.4, 0.5) is 24.7 Å². The summed E-state index contributed by atoms with van der Waals surface area (Å²) >= 11 is 6.34. The van der Waals surface area contributed by atoms with E-state index in [1.165, 1.54) is 38.5 Å². The van der Waals surface area contributed by atoms with Gasteiger partial charge in [0.2, 0.25) is 0 Å². The van der Waals surface area contributed by atoms with Crippen molar-refractivity contribution >= 4 is 29.0 Å². The zero-order chi connectivity index (χ0) is 24.6. The smallest absolute Gasteiger partial charge is 0.410 e. The average Bonchev–Trinajstić information content (AvgIpc) is 3.13. The first kappa shape index (κ1) is 23.6. The number of aromatic nitrogens is 2. The van der Waals surface area contributed by atoms with Crippen LogP contribution in [0.5, 0.6) is 17.2 Å². The maximum absolute atomic E-state index is 14.0. The number of carbonyl (C=O) groups excluding carboxylic acids is 1. The van der Waals surface area contributed by atoms with Gasteiger partial charge in [-0.1, -0.05) is 23.7 Å². The fraction of sp³-hybridized carbons (Fsp3) is 0.273.